The second-order valence-electron chi connectivity index (χ2n) is 3.99. The molecule has 1 aromatic carbocycles. The molecule has 2 aromatic heterocycles. The van der Waals surface area contributed by atoms with E-state index in [0.717, 1.165) is 5.56 Å². The predicted molar refractivity (Wildman–Crippen MR) is 73.4 cm³/mol. The number of hydrogen-bond acceptors (Lipinski definition) is 3. The number of hydrogen-bond donors (Lipinski definition) is 2. The molecule has 0 amide bonds. The fourth-order valence-corrected chi connectivity index (χ4v) is 2.15. The minimum absolute atomic E-state index is 0.117. The van der Waals surface area contributed by atoms with Gasteiger partial charge in [0.2, 0.25) is 0 Å². The third kappa shape index (κ3) is 2.04. The SMILES string of the molecule is O=c1[nH]c(=O)c2nc(Cl)cc(-c3ccccc3)c2[nH]1. The van der Waals surface area contributed by atoms with E-state index < -0.39 is 11.2 Å². The van der Waals surface area contributed by atoms with Crippen molar-refractivity contribution in [2.45, 2.75) is 0 Å². The van der Waals surface area contributed by atoms with Gasteiger partial charge in [-0.2, -0.15) is 0 Å². The molecule has 0 fully saturated rings. The van der Waals surface area contributed by atoms with Gasteiger partial charge in [0.15, 0.2) is 5.52 Å². The zero-order valence-electron chi connectivity index (χ0n) is 9.61. The first-order valence-corrected chi connectivity index (χ1v) is 5.91. The van der Waals surface area contributed by atoms with Crippen molar-refractivity contribution in [3.63, 3.8) is 0 Å². The minimum Gasteiger partial charge on any atom is -0.305 e. The second-order valence-corrected chi connectivity index (χ2v) is 4.38. The van der Waals surface area contributed by atoms with Crippen LogP contribution in [0.4, 0.5) is 0 Å². The second kappa shape index (κ2) is 4.37. The summed E-state index contributed by atoms with van der Waals surface area (Å²) < 4.78 is 0. The fourth-order valence-electron chi connectivity index (χ4n) is 1.96. The third-order valence-electron chi connectivity index (χ3n) is 2.75. The summed E-state index contributed by atoms with van der Waals surface area (Å²) >= 11 is 5.93. The first-order valence-electron chi connectivity index (χ1n) is 5.53. The van der Waals surface area contributed by atoms with Crippen molar-refractivity contribution in [3.05, 3.63) is 62.4 Å². The lowest BCUT2D eigenvalue weighted by Gasteiger charge is -2.06. The van der Waals surface area contributed by atoms with Gasteiger partial charge in [-0.1, -0.05) is 41.9 Å². The summed E-state index contributed by atoms with van der Waals surface area (Å²) in [6, 6.07) is 11.0. The summed E-state index contributed by atoms with van der Waals surface area (Å²) in [4.78, 5) is 31.8. The van der Waals surface area contributed by atoms with Gasteiger partial charge in [0.1, 0.15) is 5.15 Å². The quantitative estimate of drug-likeness (QED) is 0.665. The number of nitrogens with one attached hydrogen (secondary N) is 2. The van der Waals surface area contributed by atoms with Crippen LogP contribution in [-0.2, 0) is 0 Å². The van der Waals surface area contributed by atoms with E-state index in [-0.39, 0.29) is 10.7 Å². The number of benzene rings is 1. The smallest absolute Gasteiger partial charge is 0.305 e. The van der Waals surface area contributed by atoms with Crippen molar-refractivity contribution in [2.75, 3.05) is 0 Å². The van der Waals surface area contributed by atoms with Gasteiger partial charge in [0.25, 0.3) is 5.56 Å². The average molecular weight is 274 g/mol. The standard InChI is InChI=1S/C13H8ClN3O2/c14-9-6-8(7-4-2-1-3-5-7)10-11(15-9)12(18)17-13(19)16-10/h1-6H,(H2,16,17,18,19). The van der Waals surface area contributed by atoms with Gasteiger partial charge in [0.05, 0.1) is 5.52 Å². The van der Waals surface area contributed by atoms with Crippen LogP contribution in [0, 0.1) is 0 Å². The van der Waals surface area contributed by atoms with Crippen molar-refractivity contribution in [1.82, 2.24) is 15.0 Å². The Morgan fingerprint density at radius 3 is 2.53 bits per heavy atom. The molecule has 0 saturated heterocycles. The predicted octanol–water partition coefficient (Wildman–Crippen LogP) is 1.93. The van der Waals surface area contributed by atoms with Crippen molar-refractivity contribution < 1.29 is 0 Å². The van der Waals surface area contributed by atoms with Gasteiger partial charge in [-0.3, -0.25) is 9.78 Å². The normalized spacial score (nSPS) is 10.8. The Morgan fingerprint density at radius 1 is 1.05 bits per heavy atom. The summed E-state index contributed by atoms with van der Waals surface area (Å²) in [5.41, 5.74) is 0.879. The molecule has 0 aliphatic rings. The van der Waals surface area contributed by atoms with Crippen molar-refractivity contribution >= 4 is 22.6 Å². The Labute approximate surface area is 111 Å². The first kappa shape index (κ1) is 11.7. The minimum atomic E-state index is -0.571. The summed E-state index contributed by atoms with van der Waals surface area (Å²) in [6.07, 6.45) is 0. The van der Waals surface area contributed by atoms with Crippen LogP contribution in [0.5, 0.6) is 0 Å². The Hall–Kier alpha value is -2.40. The van der Waals surface area contributed by atoms with Crippen LogP contribution < -0.4 is 11.2 Å². The topological polar surface area (TPSA) is 78.6 Å². The molecule has 0 spiro atoms. The van der Waals surface area contributed by atoms with Gasteiger partial charge in [0, 0.05) is 5.56 Å². The number of fused-ring (bicyclic) bond motifs is 1. The molecule has 0 bridgehead atoms. The number of nitrogens with zero attached hydrogens (tertiary/aromatic N) is 1. The highest BCUT2D eigenvalue weighted by atomic mass is 35.5. The maximum Gasteiger partial charge on any atom is 0.326 e. The number of pyridine rings is 1. The number of aromatic nitrogens is 3. The van der Waals surface area contributed by atoms with Gasteiger partial charge >= 0.3 is 5.69 Å². The van der Waals surface area contributed by atoms with E-state index >= 15 is 0 Å². The largest absolute Gasteiger partial charge is 0.326 e. The van der Waals surface area contributed by atoms with Crippen LogP contribution in [0.25, 0.3) is 22.2 Å². The summed E-state index contributed by atoms with van der Waals surface area (Å²) in [6.45, 7) is 0. The van der Waals surface area contributed by atoms with Gasteiger partial charge in [-0.05, 0) is 11.6 Å². The van der Waals surface area contributed by atoms with E-state index in [1.54, 1.807) is 6.07 Å². The lowest BCUT2D eigenvalue weighted by Crippen LogP contribution is -2.23. The lowest BCUT2D eigenvalue weighted by atomic mass is 10.1. The van der Waals surface area contributed by atoms with E-state index in [4.69, 9.17) is 11.6 Å². The van der Waals surface area contributed by atoms with E-state index in [9.17, 15) is 9.59 Å². The van der Waals surface area contributed by atoms with E-state index in [0.29, 0.717) is 11.1 Å². The van der Waals surface area contributed by atoms with Crippen molar-refractivity contribution in [3.8, 4) is 11.1 Å². The summed E-state index contributed by atoms with van der Waals surface area (Å²) in [7, 11) is 0. The van der Waals surface area contributed by atoms with Crippen LogP contribution in [0.2, 0.25) is 5.15 Å². The molecule has 3 aromatic rings. The van der Waals surface area contributed by atoms with Crippen LogP contribution >= 0.6 is 11.6 Å². The maximum absolute atomic E-state index is 11.7. The van der Waals surface area contributed by atoms with Crippen molar-refractivity contribution in [2.24, 2.45) is 0 Å². The van der Waals surface area contributed by atoms with Gasteiger partial charge < -0.3 is 4.98 Å². The fraction of sp³-hybridized carbons (Fsp3) is 0. The van der Waals surface area contributed by atoms with Gasteiger partial charge in [-0.25, -0.2) is 9.78 Å². The molecule has 0 unspecified atom stereocenters. The third-order valence-corrected chi connectivity index (χ3v) is 2.95. The number of aromatic amines is 2. The molecule has 3 rings (SSSR count). The van der Waals surface area contributed by atoms with E-state index in [1.807, 2.05) is 30.3 Å². The molecule has 94 valence electrons. The molecule has 19 heavy (non-hydrogen) atoms. The van der Waals surface area contributed by atoms with E-state index in [1.165, 1.54) is 0 Å². The molecule has 0 saturated carbocycles. The highest BCUT2D eigenvalue weighted by Gasteiger charge is 2.10. The van der Waals surface area contributed by atoms with Crippen LogP contribution in [-0.4, -0.2) is 15.0 Å². The molecule has 5 nitrogen and oxygen atoms in total. The molecule has 2 N–H and O–H groups in total. The Kier molecular flexibility index (Phi) is 2.68. The lowest BCUT2D eigenvalue weighted by molar-refractivity contribution is 1.07. The maximum atomic E-state index is 11.7. The molecule has 0 aliphatic heterocycles. The van der Waals surface area contributed by atoms with Crippen LogP contribution in [0.15, 0.2) is 46.0 Å². The molecular formula is C13H8ClN3O2. The van der Waals surface area contributed by atoms with E-state index in [2.05, 4.69) is 15.0 Å². The molecule has 0 aliphatic carbocycles. The first-order chi connectivity index (χ1) is 9.15. The Balaban J connectivity index is 2.49. The Bertz CT molecular complexity index is 868. The molecule has 2 heterocycles. The van der Waals surface area contributed by atoms with Crippen LogP contribution in [0.3, 0.4) is 0 Å². The van der Waals surface area contributed by atoms with Crippen molar-refractivity contribution in [1.29, 1.82) is 0 Å². The monoisotopic (exact) mass is 273 g/mol. The zero-order valence-corrected chi connectivity index (χ0v) is 10.4. The van der Waals surface area contributed by atoms with Crippen LogP contribution in [0.1, 0.15) is 0 Å². The Morgan fingerprint density at radius 2 is 1.79 bits per heavy atom. The summed E-state index contributed by atoms with van der Waals surface area (Å²) in [5, 5.41) is 0.198. The number of rotatable bonds is 1. The molecular weight excluding hydrogens is 266 g/mol. The molecule has 0 atom stereocenters. The average Bonchev–Trinajstić information content (AvgIpc) is 2.40. The number of H-pyrrole nitrogens is 2. The number of halogens is 1. The highest BCUT2D eigenvalue weighted by Crippen LogP contribution is 2.26. The molecule has 6 heteroatoms. The zero-order chi connectivity index (χ0) is 13.4. The van der Waals surface area contributed by atoms with Gasteiger partial charge in [-0.15, -0.1) is 0 Å². The highest BCUT2D eigenvalue weighted by molar-refractivity contribution is 6.30. The summed E-state index contributed by atoms with van der Waals surface area (Å²) in [5.74, 6) is 0. The molecule has 0 radical (unpaired) electrons.